The summed E-state index contributed by atoms with van der Waals surface area (Å²) in [7, 11) is -3.06. The Bertz CT molecular complexity index is 493. The van der Waals surface area contributed by atoms with Crippen LogP contribution in [0.4, 0.5) is 0 Å². The predicted molar refractivity (Wildman–Crippen MR) is 131 cm³/mol. The minimum atomic E-state index is -3.06. The first-order valence-corrected chi connectivity index (χ1v) is 14.0. The van der Waals surface area contributed by atoms with Gasteiger partial charge in [0.15, 0.2) is 0 Å². The van der Waals surface area contributed by atoms with Gasteiger partial charge in [0.1, 0.15) is 12.7 Å². The average Bonchev–Trinajstić information content (AvgIpc) is 2.58. The Morgan fingerprint density at radius 3 is 1.76 bits per heavy atom. The van der Waals surface area contributed by atoms with E-state index < -0.39 is 31.7 Å². The minimum absolute atomic E-state index is 0.0761. The number of carbonyl (C=O) groups excluding carboxylic acids is 1. The maximum atomic E-state index is 11.7. The van der Waals surface area contributed by atoms with Gasteiger partial charge in [0, 0.05) is 25.7 Å². The smallest absolute Gasteiger partial charge is 0.463 e. The highest BCUT2D eigenvalue weighted by Crippen LogP contribution is 2.32. The van der Waals surface area contributed by atoms with Gasteiger partial charge in [-0.1, -0.05) is 6.42 Å². The molecular formula is C24H50O8Si. The molecule has 0 spiro atoms. The van der Waals surface area contributed by atoms with Crippen LogP contribution >= 0.6 is 0 Å². The molecule has 9 heteroatoms. The molecule has 2 N–H and O–H groups in total. The van der Waals surface area contributed by atoms with Gasteiger partial charge in [-0.15, -0.1) is 0 Å². The second-order valence-corrected chi connectivity index (χ2v) is 13.9. The lowest BCUT2D eigenvalue weighted by Crippen LogP contribution is -2.57. The molecule has 0 aromatic rings. The summed E-state index contributed by atoms with van der Waals surface area (Å²) in [6.45, 7) is 18.5. The monoisotopic (exact) mass is 494 g/mol. The normalized spacial score (nSPS) is 14.4. The fourth-order valence-electron chi connectivity index (χ4n) is 3.09. The van der Waals surface area contributed by atoms with Crippen molar-refractivity contribution >= 4 is 14.8 Å². The zero-order valence-corrected chi connectivity index (χ0v) is 23.5. The molecule has 0 aliphatic heterocycles. The van der Waals surface area contributed by atoms with Crippen molar-refractivity contribution in [3.8, 4) is 0 Å². The van der Waals surface area contributed by atoms with Gasteiger partial charge in [0.25, 0.3) is 0 Å². The van der Waals surface area contributed by atoms with Gasteiger partial charge in [0.05, 0.1) is 23.4 Å². The summed E-state index contributed by atoms with van der Waals surface area (Å²) in [5.41, 5.74) is -1.29. The molecule has 1 unspecified atom stereocenters. The van der Waals surface area contributed by atoms with Crippen LogP contribution in [0.3, 0.4) is 0 Å². The number of esters is 1. The lowest BCUT2D eigenvalue weighted by molar-refractivity contribution is -0.148. The number of hydrogen-bond donors (Lipinski definition) is 2. The molecular weight excluding hydrogens is 444 g/mol. The Hall–Kier alpha value is -0.553. The van der Waals surface area contributed by atoms with Crippen molar-refractivity contribution < 1.29 is 37.8 Å². The lowest BCUT2D eigenvalue weighted by Gasteiger charge is -2.43. The standard InChI is InChI=1S/C24H50O8Si/c1-22(2,3)30-33(31-23(4,5)6,32-24(7,8)9)17-13-16-28-18-20(26)19-29-21(27)14-11-10-12-15-25/h20,25-26H,10-19H2,1-9H3. The van der Waals surface area contributed by atoms with E-state index in [1.807, 2.05) is 62.3 Å². The Morgan fingerprint density at radius 2 is 1.30 bits per heavy atom. The number of aliphatic hydroxyl groups is 2. The van der Waals surface area contributed by atoms with Gasteiger partial charge in [-0.2, -0.15) is 0 Å². The Kier molecular flexibility index (Phi) is 14.5. The van der Waals surface area contributed by atoms with Crippen LogP contribution in [0, 0.1) is 0 Å². The maximum Gasteiger partial charge on any atom is 0.502 e. The molecule has 198 valence electrons. The van der Waals surface area contributed by atoms with Gasteiger partial charge >= 0.3 is 14.8 Å². The quantitative estimate of drug-likeness (QED) is 0.187. The van der Waals surface area contributed by atoms with E-state index in [-0.39, 0.29) is 32.2 Å². The molecule has 0 aromatic carbocycles. The highest BCUT2D eigenvalue weighted by atomic mass is 28.4. The van der Waals surface area contributed by atoms with Crippen LogP contribution < -0.4 is 0 Å². The molecule has 0 aliphatic rings. The summed E-state index contributed by atoms with van der Waals surface area (Å²) < 4.78 is 30.0. The van der Waals surface area contributed by atoms with E-state index >= 15 is 0 Å². The van der Waals surface area contributed by atoms with Crippen LogP contribution in [0.5, 0.6) is 0 Å². The number of aliphatic hydroxyl groups excluding tert-OH is 2. The molecule has 0 bridgehead atoms. The van der Waals surface area contributed by atoms with Crippen molar-refractivity contribution in [1.29, 1.82) is 0 Å². The first-order chi connectivity index (χ1) is 15.0. The highest BCUT2D eigenvalue weighted by Gasteiger charge is 2.49. The lowest BCUT2D eigenvalue weighted by atomic mass is 10.2. The SMILES string of the molecule is CC(C)(C)O[Si](CCCOCC(O)COC(=O)CCCCCO)(OC(C)(C)C)OC(C)(C)C. The van der Waals surface area contributed by atoms with Crippen molar-refractivity contribution in [2.75, 3.05) is 26.4 Å². The largest absolute Gasteiger partial charge is 0.502 e. The van der Waals surface area contributed by atoms with Crippen molar-refractivity contribution in [1.82, 2.24) is 0 Å². The number of ether oxygens (including phenoxy) is 2. The van der Waals surface area contributed by atoms with E-state index in [0.29, 0.717) is 31.9 Å². The summed E-state index contributed by atoms with van der Waals surface area (Å²) in [4.78, 5) is 11.7. The molecule has 33 heavy (non-hydrogen) atoms. The number of unbranched alkanes of at least 4 members (excludes halogenated alkanes) is 2. The van der Waals surface area contributed by atoms with E-state index in [4.69, 9.17) is 27.9 Å². The van der Waals surface area contributed by atoms with Gasteiger partial charge in [-0.05, 0) is 81.6 Å². The Morgan fingerprint density at radius 1 is 0.788 bits per heavy atom. The van der Waals surface area contributed by atoms with Crippen LogP contribution in [-0.2, 0) is 27.5 Å². The second-order valence-electron chi connectivity index (χ2n) is 11.4. The predicted octanol–water partition coefficient (Wildman–Crippen LogP) is 4.23. The first kappa shape index (κ1) is 32.4. The van der Waals surface area contributed by atoms with Crippen molar-refractivity contribution in [2.45, 2.75) is 123 Å². The molecule has 0 saturated carbocycles. The molecule has 0 aliphatic carbocycles. The van der Waals surface area contributed by atoms with Gasteiger partial charge in [-0.3, -0.25) is 4.79 Å². The zero-order valence-electron chi connectivity index (χ0n) is 22.5. The molecule has 0 rings (SSSR count). The highest BCUT2D eigenvalue weighted by molar-refractivity contribution is 6.61. The third kappa shape index (κ3) is 19.4. The molecule has 1 atom stereocenters. The fourth-order valence-corrected chi connectivity index (χ4v) is 6.90. The molecule has 0 saturated heterocycles. The van der Waals surface area contributed by atoms with Crippen molar-refractivity contribution in [2.24, 2.45) is 0 Å². The van der Waals surface area contributed by atoms with Crippen LogP contribution in [0.1, 0.15) is 94.4 Å². The summed E-state index contributed by atoms with van der Waals surface area (Å²) in [6, 6.07) is 0.581. The minimum Gasteiger partial charge on any atom is -0.463 e. The molecule has 0 amide bonds. The van der Waals surface area contributed by atoms with Crippen molar-refractivity contribution in [3.63, 3.8) is 0 Å². The third-order valence-electron chi connectivity index (χ3n) is 3.94. The maximum absolute atomic E-state index is 11.7. The van der Waals surface area contributed by atoms with Gasteiger partial charge in [-0.25, -0.2) is 0 Å². The zero-order chi connectivity index (χ0) is 25.8. The van der Waals surface area contributed by atoms with Crippen LogP contribution in [-0.4, -0.2) is 74.3 Å². The van der Waals surface area contributed by atoms with Gasteiger partial charge in [0.2, 0.25) is 0 Å². The topological polar surface area (TPSA) is 104 Å². The van der Waals surface area contributed by atoms with E-state index in [9.17, 15) is 9.90 Å². The second kappa shape index (κ2) is 14.8. The van der Waals surface area contributed by atoms with Crippen LogP contribution in [0.15, 0.2) is 0 Å². The molecule has 0 aromatic heterocycles. The summed E-state index contributed by atoms with van der Waals surface area (Å²) in [5, 5.41) is 18.8. The molecule has 0 heterocycles. The summed E-state index contributed by atoms with van der Waals surface area (Å²) in [6.07, 6.45) is 2.17. The summed E-state index contributed by atoms with van der Waals surface area (Å²) in [5.74, 6) is -0.347. The average molecular weight is 495 g/mol. The van der Waals surface area contributed by atoms with Crippen LogP contribution in [0.2, 0.25) is 6.04 Å². The molecule has 0 fully saturated rings. The van der Waals surface area contributed by atoms with Crippen LogP contribution in [0.25, 0.3) is 0 Å². The first-order valence-electron chi connectivity index (χ1n) is 12.1. The number of hydrogen-bond acceptors (Lipinski definition) is 8. The third-order valence-corrected chi connectivity index (χ3v) is 7.68. The van der Waals surface area contributed by atoms with E-state index in [1.165, 1.54) is 0 Å². The van der Waals surface area contributed by atoms with E-state index in [2.05, 4.69) is 0 Å². The van der Waals surface area contributed by atoms with Crippen molar-refractivity contribution in [3.05, 3.63) is 0 Å². The number of carbonyl (C=O) groups is 1. The van der Waals surface area contributed by atoms with Gasteiger partial charge < -0.3 is 33.0 Å². The number of rotatable bonds is 16. The summed E-state index contributed by atoms with van der Waals surface area (Å²) >= 11 is 0. The Balaban J connectivity index is 4.63. The fraction of sp³-hybridized carbons (Fsp3) is 0.958. The molecule has 8 nitrogen and oxygen atoms in total. The molecule has 0 radical (unpaired) electrons. The van der Waals surface area contributed by atoms with E-state index in [1.54, 1.807) is 0 Å². The Labute approximate surface area is 202 Å². The van der Waals surface area contributed by atoms with E-state index in [0.717, 1.165) is 6.42 Å².